The summed E-state index contributed by atoms with van der Waals surface area (Å²) in [6, 6.07) is 3.71. The average molecular weight is 246 g/mol. The summed E-state index contributed by atoms with van der Waals surface area (Å²) in [5.41, 5.74) is 5.95. The maximum absolute atomic E-state index is 13.0. The van der Waals surface area contributed by atoms with Gasteiger partial charge in [0.15, 0.2) is 5.84 Å². The summed E-state index contributed by atoms with van der Waals surface area (Å²) in [7, 11) is 0. The number of anilines is 1. The van der Waals surface area contributed by atoms with Crippen LogP contribution in [0, 0.1) is 5.82 Å². The molecule has 0 aliphatic rings. The monoisotopic (exact) mass is 245 g/mol. The summed E-state index contributed by atoms with van der Waals surface area (Å²) in [6.07, 6.45) is 0.601. The number of nitrogens with two attached hydrogens (primary N) is 1. The van der Waals surface area contributed by atoms with E-state index in [0.717, 1.165) is 0 Å². The second kappa shape index (κ2) is 5.55. The van der Waals surface area contributed by atoms with Gasteiger partial charge in [-0.05, 0) is 24.6 Å². The number of hydrogen-bond donors (Lipinski definition) is 3. The number of halogens is 2. The maximum Gasteiger partial charge on any atom is 0.161 e. The fraction of sp³-hybridized carbons (Fsp3) is 0.300. The molecular formula is C10H13ClFN3O. The van der Waals surface area contributed by atoms with Gasteiger partial charge in [0.1, 0.15) is 5.82 Å². The molecule has 0 aromatic heterocycles. The third-order valence-corrected chi connectivity index (χ3v) is 2.30. The highest BCUT2D eigenvalue weighted by atomic mass is 35.5. The summed E-state index contributed by atoms with van der Waals surface area (Å²) < 4.78 is 13.0. The van der Waals surface area contributed by atoms with Crippen molar-refractivity contribution in [1.82, 2.24) is 0 Å². The topological polar surface area (TPSA) is 70.6 Å². The third kappa shape index (κ3) is 3.27. The molecule has 0 aliphatic carbocycles. The zero-order valence-corrected chi connectivity index (χ0v) is 9.50. The maximum atomic E-state index is 13.0. The van der Waals surface area contributed by atoms with Crippen molar-refractivity contribution >= 4 is 23.1 Å². The van der Waals surface area contributed by atoms with E-state index in [1.165, 1.54) is 12.1 Å². The van der Waals surface area contributed by atoms with Crippen LogP contribution < -0.4 is 11.1 Å². The number of nitrogens with one attached hydrogen (secondary N) is 1. The molecule has 88 valence electrons. The Bertz CT molecular complexity index is 377. The van der Waals surface area contributed by atoms with Crippen molar-refractivity contribution in [2.45, 2.75) is 19.4 Å². The first kappa shape index (κ1) is 12.6. The van der Waals surface area contributed by atoms with Crippen LogP contribution >= 0.6 is 11.6 Å². The highest BCUT2D eigenvalue weighted by Crippen LogP contribution is 2.19. The third-order valence-electron chi connectivity index (χ3n) is 2.08. The van der Waals surface area contributed by atoms with Crippen molar-refractivity contribution in [1.29, 1.82) is 0 Å². The van der Waals surface area contributed by atoms with Crippen LogP contribution in [0.2, 0.25) is 5.02 Å². The lowest BCUT2D eigenvalue weighted by Crippen LogP contribution is -2.35. The normalized spacial score (nSPS) is 13.6. The van der Waals surface area contributed by atoms with Crippen molar-refractivity contribution in [3.8, 4) is 0 Å². The van der Waals surface area contributed by atoms with Gasteiger partial charge < -0.3 is 16.3 Å². The van der Waals surface area contributed by atoms with E-state index in [0.29, 0.717) is 12.1 Å². The van der Waals surface area contributed by atoms with Gasteiger partial charge in [-0.25, -0.2) is 4.39 Å². The number of rotatable bonds is 4. The van der Waals surface area contributed by atoms with E-state index in [1.807, 2.05) is 6.92 Å². The molecule has 6 heteroatoms. The molecule has 0 radical (unpaired) electrons. The molecule has 0 saturated carbocycles. The highest BCUT2D eigenvalue weighted by Gasteiger charge is 2.11. The molecule has 0 amide bonds. The fourth-order valence-corrected chi connectivity index (χ4v) is 1.51. The first-order valence-electron chi connectivity index (χ1n) is 4.77. The summed E-state index contributed by atoms with van der Waals surface area (Å²) in [4.78, 5) is 0. The van der Waals surface area contributed by atoms with Gasteiger partial charge in [0.2, 0.25) is 0 Å². The van der Waals surface area contributed by atoms with Gasteiger partial charge >= 0.3 is 0 Å². The minimum atomic E-state index is -0.440. The van der Waals surface area contributed by atoms with E-state index >= 15 is 0 Å². The summed E-state index contributed by atoms with van der Waals surface area (Å²) in [6.45, 7) is 1.86. The Labute approximate surface area is 97.9 Å². The lowest BCUT2D eigenvalue weighted by Gasteiger charge is -2.16. The quantitative estimate of drug-likeness (QED) is 0.330. The molecule has 1 rings (SSSR count). The van der Waals surface area contributed by atoms with Crippen LogP contribution in [0.25, 0.3) is 0 Å². The predicted octanol–water partition coefficient (Wildman–Crippen LogP) is 2.42. The molecule has 4 nitrogen and oxygen atoms in total. The smallest absolute Gasteiger partial charge is 0.161 e. The molecule has 0 bridgehead atoms. The van der Waals surface area contributed by atoms with Gasteiger partial charge in [0, 0.05) is 10.7 Å². The van der Waals surface area contributed by atoms with Gasteiger partial charge in [-0.3, -0.25) is 0 Å². The Morgan fingerprint density at radius 2 is 2.31 bits per heavy atom. The largest absolute Gasteiger partial charge is 0.409 e. The molecular weight excluding hydrogens is 233 g/mol. The Balaban J connectivity index is 2.86. The SMILES string of the molecule is CCC(Nc1cc(F)cc(Cl)c1)/C(N)=N/O. The van der Waals surface area contributed by atoms with E-state index in [1.54, 1.807) is 6.07 Å². The van der Waals surface area contributed by atoms with Crippen molar-refractivity contribution in [2.24, 2.45) is 10.9 Å². The molecule has 16 heavy (non-hydrogen) atoms. The standard InChI is InChI=1S/C10H13ClFN3O/c1-2-9(10(13)15-16)14-8-4-6(11)3-7(12)5-8/h3-5,9,14,16H,2H2,1H3,(H2,13,15). The Morgan fingerprint density at radius 3 is 2.81 bits per heavy atom. The van der Waals surface area contributed by atoms with Crippen LogP contribution in [0.5, 0.6) is 0 Å². The van der Waals surface area contributed by atoms with E-state index in [9.17, 15) is 4.39 Å². The zero-order chi connectivity index (χ0) is 12.1. The van der Waals surface area contributed by atoms with Crippen LogP contribution in [0.1, 0.15) is 13.3 Å². The van der Waals surface area contributed by atoms with E-state index < -0.39 is 5.82 Å². The Morgan fingerprint density at radius 1 is 1.62 bits per heavy atom. The van der Waals surface area contributed by atoms with Crippen LogP contribution in [0.3, 0.4) is 0 Å². The molecule has 0 heterocycles. The molecule has 0 saturated heterocycles. The highest BCUT2D eigenvalue weighted by molar-refractivity contribution is 6.30. The zero-order valence-electron chi connectivity index (χ0n) is 8.74. The van der Waals surface area contributed by atoms with Crippen LogP contribution in [0.4, 0.5) is 10.1 Å². The van der Waals surface area contributed by atoms with Crippen molar-refractivity contribution in [3.05, 3.63) is 29.0 Å². The molecule has 4 N–H and O–H groups in total. The Kier molecular flexibility index (Phi) is 4.37. The molecule has 1 aromatic rings. The lowest BCUT2D eigenvalue weighted by atomic mass is 10.2. The molecule has 0 fully saturated rings. The van der Waals surface area contributed by atoms with Gasteiger partial charge in [-0.1, -0.05) is 23.7 Å². The van der Waals surface area contributed by atoms with Gasteiger partial charge in [-0.2, -0.15) is 0 Å². The summed E-state index contributed by atoms with van der Waals surface area (Å²) in [5.74, 6) is -0.396. The predicted molar refractivity (Wildman–Crippen MR) is 62.5 cm³/mol. The Hall–Kier alpha value is -1.49. The molecule has 1 atom stereocenters. The number of oxime groups is 1. The fourth-order valence-electron chi connectivity index (χ4n) is 1.29. The second-order valence-electron chi connectivity index (χ2n) is 3.29. The second-order valence-corrected chi connectivity index (χ2v) is 3.72. The summed E-state index contributed by atoms with van der Waals surface area (Å²) in [5, 5.41) is 14.7. The van der Waals surface area contributed by atoms with Crippen LogP contribution in [-0.2, 0) is 0 Å². The van der Waals surface area contributed by atoms with E-state index in [2.05, 4.69) is 10.5 Å². The first-order valence-corrected chi connectivity index (χ1v) is 5.14. The molecule has 0 aliphatic heterocycles. The minimum absolute atomic E-state index is 0.0443. The van der Waals surface area contributed by atoms with Gasteiger partial charge in [0.25, 0.3) is 0 Å². The van der Waals surface area contributed by atoms with Crippen molar-refractivity contribution in [2.75, 3.05) is 5.32 Å². The van der Waals surface area contributed by atoms with Gasteiger partial charge in [0.05, 0.1) is 6.04 Å². The molecule has 1 unspecified atom stereocenters. The van der Waals surface area contributed by atoms with Crippen LogP contribution in [-0.4, -0.2) is 17.1 Å². The number of nitrogens with zero attached hydrogens (tertiary/aromatic N) is 1. The number of hydrogen-bond acceptors (Lipinski definition) is 3. The van der Waals surface area contributed by atoms with Crippen molar-refractivity contribution in [3.63, 3.8) is 0 Å². The molecule has 1 aromatic carbocycles. The number of amidine groups is 1. The van der Waals surface area contributed by atoms with E-state index in [4.69, 9.17) is 22.5 Å². The van der Waals surface area contributed by atoms with Crippen molar-refractivity contribution < 1.29 is 9.60 Å². The van der Waals surface area contributed by atoms with E-state index in [-0.39, 0.29) is 16.9 Å². The number of benzene rings is 1. The summed E-state index contributed by atoms with van der Waals surface area (Å²) >= 11 is 5.70. The average Bonchev–Trinajstić information content (AvgIpc) is 2.23. The van der Waals surface area contributed by atoms with Gasteiger partial charge in [-0.15, -0.1) is 0 Å². The van der Waals surface area contributed by atoms with Crippen LogP contribution in [0.15, 0.2) is 23.4 Å². The molecule has 0 spiro atoms. The first-order chi connectivity index (χ1) is 7.56. The minimum Gasteiger partial charge on any atom is -0.409 e. The lowest BCUT2D eigenvalue weighted by molar-refractivity contribution is 0.316.